The van der Waals surface area contributed by atoms with Crippen LogP contribution in [-0.4, -0.2) is 58.9 Å². The van der Waals surface area contributed by atoms with E-state index in [1.165, 1.54) is 6.08 Å². The average Bonchev–Trinajstić information content (AvgIpc) is 3.35. The number of ether oxygens (including phenoxy) is 1. The van der Waals surface area contributed by atoms with Gasteiger partial charge in [0.25, 0.3) is 0 Å². The van der Waals surface area contributed by atoms with Gasteiger partial charge in [-0.25, -0.2) is 0 Å². The zero-order valence-corrected chi connectivity index (χ0v) is 24.3. The number of para-hydroxylation sites is 1. The Kier molecular flexibility index (Phi) is 9.65. The molecule has 2 atom stereocenters. The van der Waals surface area contributed by atoms with Gasteiger partial charge in [-0.15, -0.1) is 0 Å². The van der Waals surface area contributed by atoms with Crippen molar-refractivity contribution in [2.24, 2.45) is 11.1 Å². The third-order valence-corrected chi connectivity index (χ3v) is 7.61. The van der Waals surface area contributed by atoms with Crippen molar-refractivity contribution in [1.82, 2.24) is 15.2 Å². The quantitative estimate of drug-likeness (QED) is 0.240. The summed E-state index contributed by atoms with van der Waals surface area (Å²) in [6.07, 6.45) is 7.67. The van der Waals surface area contributed by atoms with Crippen molar-refractivity contribution in [3.05, 3.63) is 84.1 Å². The summed E-state index contributed by atoms with van der Waals surface area (Å²) in [5.74, 6) is -0.853. The molecule has 0 aliphatic carbocycles. The van der Waals surface area contributed by atoms with Crippen molar-refractivity contribution in [3.63, 3.8) is 0 Å². The number of likely N-dealkylation sites (tertiary alicyclic amines) is 1. The fourth-order valence-corrected chi connectivity index (χ4v) is 5.60. The lowest BCUT2D eigenvalue weighted by Crippen LogP contribution is -2.56. The molecule has 1 aromatic heterocycles. The highest BCUT2D eigenvalue weighted by molar-refractivity contribution is 5.94. The number of fused-ring (bicyclic) bond motifs is 1. The molecule has 4 N–H and O–H groups in total. The fraction of sp³-hybridized carbons (Fsp3) is 0.424. The van der Waals surface area contributed by atoms with Crippen molar-refractivity contribution in [2.75, 3.05) is 19.7 Å². The Bertz CT molecular complexity index is 1370. The highest BCUT2D eigenvalue weighted by atomic mass is 16.5. The molecule has 3 aromatic rings. The number of nitrogens with zero attached hydrogens (tertiary/aromatic N) is 1. The molecule has 4 rings (SSSR count). The topological polar surface area (TPSA) is 118 Å². The molecule has 2 heterocycles. The Labute approximate surface area is 242 Å². The van der Waals surface area contributed by atoms with Gasteiger partial charge < -0.3 is 25.7 Å². The molecule has 1 aliphatic heterocycles. The number of hydrogen-bond acceptors (Lipinski definition) is 5. The number of aromatic amines is 1. The van der Waals surface area contributed by atoms with E-state index in [1.54, 1.807) is 17.9 Å². The van der Waals surface area contributed by atoms with E-state index in [9.17, 15) is 14.4 Å². The van der Waals surface area contributed by atoms with Crippen molar-refractivity contribution < 1.29 is 19.1 Å². The van der Waals surface area contributed by atoms with Crippen LogP contribution >= 0.6 is 0 Å². The van der Waals surface area contributed by atoms with Crippen LogP contribution in [0.5, 0.6) is 0 Å². The van der Waals surface area contributed by atoms with E-state index in [0.717, 1.165) is 22.0 Å². The van der Waals surface area contributed by atoms with Crippen LogP contribution in [0.4, 0.5) is 0 Å². The first-order valence-corrected chi connectivity index (χ1v) is 14.4. The molecular formula is C33H42N4O4. The van der Waals surface area contributed by atoms with Crippen LogP contribution < -0.4 is 11.1 Å². The van der Waals surface area contributed by atoms with Gasteiger partial charge in [0, 0.05) is 42.1 Å². The maximum atomic E-state index is 14.2. The third kappa shape index (κ3) is 7.85. The zero-order chi connectivity index (χ0) is 29.5. The summed E-state index contributed by atoms with van der Waals surface area (Å²) in [5, 5.41) is 3.95. The van der Waals surface area contributed by atoms with Crippen molar-refractivity contribution in [2.45, 2.75) is 64.5 Å². The first kappa shape index (κ1) is 30.1. The third-order valence-electron chi connectivity index (χ3n) is 7.61. The van der Waals surface area contributed by atoms with E-state index in [0.29, 0.717) is 38.6 Å². The van der Waals surface area contributed by atoms with Crippen LogP contribution in [0.3, 0.4) is 0 Å². The molecule has 8 heteroatoms. The minimum absolute atomic E-state index is 0.211. The SMILES string of the molecule is CCOC(=O)[C@]1(Cc2ccccc2)CCCN(C(=O)[C@@H](Cc2c[nH]c3ccccc23)NC(=O)C=CCC(C)(C)N)C1. The van der Waals surface area contributed by atoms with Crippen molar-refractivity contribution >= 4 is 28.7 Å². The first-order valence-electron chi connectivity index (χ1n) is 14.4. The Balaban J connectivity index is 1.60. The number of amides is 2. The molecule has 0 bridgehead atoms. The number of nitrogens with one attached hydrogen (secondary N) is 2. The molecule has 0 saturated carbocycles. The van der Waals surface area contributed by atoms with E-state index < -0.39 is 17.0 Å². The maximum Gasteiger partial charge on any atom is 0.314 e. The van der Waals surface area contributed by atoms with E-state index in [1.807, 2.05) is 74.6 Å². The molecule has 2 aromatic carbocycles. The minimum Gasteiger partial charge on any atom is -0.466 e. The van der Waals surface area contributed by atoms with Gasteiger partial charge in [-0.2, -0.15) is 0 Å². The van der Waals surface area contributed by atoms with Crippen LogP contribution in [0.2, 0.25) is 0 Å². The number of carbonyl (C=O) groups is 3. The number of carbonyl (C=O) groups excluding carboxylic acids is 3. The monoisotopic (exact) mass is 558 g/mol. The van der Waals surface area contributed by atoms with Gasteiger partial charge >= 0.3 is 5.97 Å². The van der Waals surface area contributed by atoms with Gasteiger partial charge in [0.05, 0.1) is 12.0 Å². The Morgan fingerprint density at radius 2 is 1.88 bits per heavy atom. The van der Waals surface area contributed by atoms with Gasteiger partial charge in [0.1, 0.15) is 6.04 Å². The molecule has 218 valence electrons. The molecular weight excluding hydrogens is 516 g/mol. The standard InChI is InChI=1S/C33H42N4O4/c1-4-41-31(40)33(21-24-12-6-5-7-13-24)18-11-19-37(23-33)30(39)28(36-29(38)16-10-17-32(2,3)34)20-25-22-35-27-15-9-8-14-26(25)27/h5-10,12-16,22,28,35H,4,11,17-21,23,34H2,1-3H3,(H,36,38)/t28-,33+/m1/s1. The fourth-order valence-electron chi connectivity index (χ4n) is 5.60. The highest BCUT2D eigenvalue weighted by Crippen LogP contribution is 2.36. The van der Waals surface area contributed by atoms with Crippen molar-refractivity contribution in [3.8, 4) is 0 Å². The second kappa shape index (κ2) is 13.2. The molecule has 1 aliphatic rings. The number of nitrogens with two attached hydrogens (primary N) is 1. The molecule has 1 fully saturated rings. The zero-order valence-electron chi connectivity index (χ0n) is 24.3. The number of benzene rings is 2. The predicted octanol–water partition coefficient (Wildman–Crippen LogP) is 4.29. The van der Waals surface area contributed by atoms with Crippen LogP contribution in [0.15, 0.2) is 72.9 Å². The normalized spacial score (nSPS) is 18.4. The number of piperidine rings is 1. The first-order chi connectivity index (χ1) is 19.6. The molecule has 2 amide bonds. The van der Waals surface area contributed by atoms with Gasteiger partial charge in [0.2, 0.25) is 11.8 Å². The lowest BCUT2D eigenvalue weighted by Gasteiger charge is -2.42. The van der Waals surface area contributed by atoms with Crippen LogP contribution in [0.1, 0.15) is 51.2 Å². The predicted molar refractivity (Wildman–Crippen MR) is 161 cm³/mol. The van der Waals surface area contributed by atoms with Gasteiger partial charge in [-0.05, 0) is 69.7 Å². The molecule has 41 heavy (non-hydrogen) atoms. The van der Waals surface area contributed by atoms with E-state index in [4.69, 9.17) is 10.5 Å². The summed E-state index contributed by atoms with van der Waals surface area (Å²) in [6, 6.07) is 16.9. The summed E-state index contributed by atoms with van der Waals surface area (Å²) in [7, 11) is 0. The summed E-state index contributed by atoms with van der Waals surface area (Å²) in [4.78, 5) is 45.5. The number of rotatable bonds is 11. The van der Waals surface area contributed by atoms with Crippen molar-refractivity contribution in [1.29, 1.82) is 0 Å². The van der Waals surface area contributed by atoms with E-state index in [-0.39, 0.29) is 30.9 Å². The Morgan fingerprint density at radius 3 is 2.61 bits per heavy atom. The largest absolute Gasteiger partial charge is 0.466 e. The number of esters is 1. The summed E-state index contributed by atoms with van der Waals surface area (Å²) < 4.78 is 5.55. The molecule has 0 radical (unpaired) electrons. The van der Waals surface area contributed by atoms with Gasteiger partial charge in [-0.1, -0.05) is 54.6 Å². The molecule has 0 unspecified atom stereocenters. The van der Waals surface area contributed by atoms with Gasteiger partial charge in [-0.3, -0.25) is 14.4 Å². The average molecular weight is 559 g/mol. The smallest absolute Gasteiger partial charge is 0.314 e. The number of hydrogen-bond donors (Lipinski definition) is 3. The van der Waals surface area contributed by atoms with Crippen LogP contribution in [-0.2, 0) is 32.0 Å². The Morgan fingerprint density at radius 1 is 1.15 bits per heavy atom. The van der Waals surface area contributed by atoms with Crippen LogP contribution in [0.25, 0.3) is 10.9 Å². The molecule has 0 spiro atoms. The maximum absolute atomic E-state index is 14.2. The summed E-state index contributed by atoms with van der Waals surface area (Å²) in [6.45, 7) is 6.59. The Hall–Kier alpha value is -3.91. The highest BCUT2D eigenvalue weighted by Gasteiger charge is 2.45. The minimum atomic E-state index is -0.854. The van der Waals surface area contributed by atoms with Crippen LogP contribution in [0, 0.1) is 5.41 Å². The van der Waals surface area contributed by atoms with Gasteiger partial charge in [0.15, 0.2) is 0 Å². The lowest BCUT2D eigenvalue weighted by molar-refractivity contribution is -0.161. The van der Waals surface area contributed by atoms with E-state index in [2.05, 4.69) is 10.3 Å². The molecule has 1 saturated heterocycles. The number of aromatic nitrogens is 1. The second-order valence-corrected chi connectivity index (χ2v) is 11.7. The number of H-pyrrole nitrogens is 1. The molecule has 8 nitrogen and oxygen atoms in total. The summed E-state index contributed by atoms with van der Waals surface area (Å²) >= 11 is 0. The second-order valence-electron chi connectivity index (χ2n) is 11.7. The summed E-state index contributed by atoms with van der Waals surface area (Å²) in [5.41, 5.74) is 7.67. The lowest BCUT2D eigenvalue weighted by atomic mass is 9.75. The van der Waals surface area contributed by atoms with E-state index >= 15 is 0 Å².